The lowest BCUT2D eigenvalue weighted by molar-refractivity contribution is 0.157. The lowest BCUT2D eigenvalue weighted by atomic mass is 9.77. The molecule has 6 aromatic carbocycles. The van der Waals surface area contributed by atoms with Crippen LogP contribution in [-0.4, -0.2) is 55.5 Å². The normalized spacial score (nSPS) is 15.1. The summed E-state index contributed by atoms with van der Waals surface area (Å²) in [4.78, 5) is 0.0567. The fraction of sp³-hybridized carbons (Fsp3) is 0.114. The van der Waals surface area contributed by atoms with Crippen molar-refractivity contribution in [3.8, 4) is 0 Å². The number of amidine groups is 1. The monoisotopic (exact) mass is 795 g/mol. The fourth-order valence-electron chi connectivity index (χ4n) is 6.79. The summed E-state index contributed by atoms with van der Waals surface area (Å²) in [5.74, 6) is -0.144. The van der Waals surface area contributed by atoms with E-state index in [4.69, 9.17) is 21.8 Å². The summed E-state index contributed by atoms with van der Waals surface area (Å²) in [5, 5.41) is 22.9. The van der Waals surface area contributed by atoms with Crippen LogP contribution in [0, 0.1) is 0 Å². The third kappa shape index (κ3) is 8.06. The number of hydrogen-bond donors (Lipinski definition) is 0. The Morgan fingerprint density at radius 1 is 0.768 bits per heavy atom. The SMILES string of the molecule is CN=NN(/N=C/c1ccc(C2=NN(C(=NS(=O)(=O)c3ccc(Cl)cc3)SC)CC2c2ccccc2)cc1)C(c1ccccc1)(c1ccccc1)c1ccccc1. The van der Waals surface area contributed by atoms with E-state index in [2.05, 4.69) is 63.3 Å². The summed E-state index contributed by atoms with van der Waals surface area (Å²) >= 11 is 7.23. The van der Waals surface area contributed by atoms with Gasteiger partial charge in [-0.15, -0.1) is 9.52 Å². The van der Waals surface area contributed by atoms with Crippen LogP contribution in [0.5, 0.6) is 0 Å². The van der Waals surface area contributed by atoms with Crippen molar-refractivity contribution in [1.29, 1.82) is 0 Å². The Kier molecular flexibility index (Phi) is 11.9. The van der Waals surface area contributed by atoms with Gasteiger partial charge in [0.2, 0.25) is 0 Å². The van der Waals surface area contributed by atoms with E-state index < -0.39 is 15.6 Å². The second kappa shape index (κ2) is 17.3. The molecule has 0 aromatic heterocycles. The lowest BCUT2D eigenvalue weighted by Gasteiger charge is -2.39. The van der Waals surface area contributed by atoms with Crippen molar-refractivity contribution < 1.29 is 8.42 Å². The van der Waals surface area contributed by atoms with Crippen molar-refractivity contribution in [2.45, 2.75) is 16.4 Å². The molecule has 9 nitrogen and oxygen atoms in total. The number of rotatable bonds is 11. The van der Waals surface area contributed by atoms with E-state index in [-0.39, 0.29) is 16.0 Å². The largest absolute Gasteiger partial charge is 0.284 e. The predicted molar refractivity (Wildman–Crippen MR) is 228 cm³/mol. The van der Waals surface area contributed by atoms with E-state index in [1.807, 2.05) is 97.1 Å². The molecule has 0 radical (unpaired) electrons. The minimum atomic E-state index is -4.01. The summed E-state index contributed by atoms with van der Waals surface area (Å²) in [6.45, 7) is 0.413. The zero-order chi connectivity index (χ0) is 39.0. The van der Waals surface area contributed by atoms with Crippen LogP contribution >= 0.6 is 23.4 Å². The van der Waals surface area contributed by atoms with Crippen LogP contribution in [0.3, 0.4) is 0 Å². The van der Waals surface area contributed by atoms with Crippen molar-refractivity contribution in [3.05, 3.63) is 208 Å². The second-order valence-corrected chi connectivity index (χ2v) is 15.6. The predicted octanol–water partition coefficient (Wildman–Crippen LogP) is 9.88. The molecule has 0 spiro atoms. The first-order chi connectivity index (χ1) is 27.3. The van der Waals surface area contributed by atoms with E-state index in [0.29, 0.717) is 11.6 Å². The molecular weight excluding hydrogens is 758 g/mol. The Morgan fingerprint density at radius 2 is 1.29 bits per heavy atom. The van der Waals surface area contributed by atoms with Crippen LogP contribution < -0.4 is 0 Å². The van der Waals surface area contributed by atoms with E-state index >= 15 is 0 Å². The molecule has 1 atom stereocenters. The van der Waals surface area contributed by atoms with Gasteiger partial charge in [0.15, 0.2) is 10.7 Å². The molecule has 0 saturated carbocycles. The lowest BCUT2D eigenvalue weighted by Crippen LogP contribution is -2.42. The number of hydrogen-bond acceptors (Lipinski definition) is 7. The molecule has 0 amide bonds. The van der Waals surface area contributed by atoms with Crippen molar-refractivity contribution in [2.75, 3.05) is 19.8 Å². The number of halogens is 1. The van der Waals surface area contributed by atoms with Gasteiger partial charge in [0.25, 0.3) is 10.0 Å². The Morgan fingerprint density at radius 3 is 1.79 bits per heavy atom. The molecule has 280 valence electrons. The second-order valence-electron chi connectivity index (χ2n) is 12.8. The standard InChI is InChI=1S/C44H38ClN7O2S2/c1-46-50-52(44(36-17-9-4-10-18-36,37-19-11-5-12-20-37)38-21-13-6-14-22-38)47-31-33-23-25-35(26-24-33)42-41(34-15-7-3-8-16-34)32-51(48-42)43(55-2)49-56(53,54)40-29-27-39(45)28-30-40/h3-31,41H,32H2,1-2H3/b47-31+,49-43?,50-46?. The molecule has 1 heterocycles. The molecule has 0 bridgehead atoms. The van der Waals surface area contributed by atoms with E-state index in [9.17, 15) is 8.42 Å². The van der Waals surface area contributed by atoms with Crippen LogP contribution in [0.2, 0.25) is 5.02 Å². The van der Waals surface area contributed by atoms with Crippen LogP contribution in [0.15, 0.2) is 200 Å². The number of sulfonamides is 1. The van der Waals surface area contributed by atoms with Crippen molar-refractivity contribution in [2.24, 2.45) is 24.9 Å². The first-order valence-corrected chi connectivity index (χ1v) is 20.8. The molecule has 0 fully saturated rings. The van der Waals surface area contributed by atoms with Gasteiger partial charge in [-0.25, -0.2) is 5.01 Å². The number of benzene rings is 6. The Bertz CT molecular complexity index is 2370. The van der Waals surface area contributed by atoms with Gasteiger partial charge in [-0.2, -0.15) is 23.7 Å². The average molecular weight is 796 g/mol. The molecule has 1 aliphatic rings. The van der Waals surface area contributed by atoms with Crippen molar-refractivity contribution in [3.63, 3.8) is 0 Å². The molecular formula is C44H38ClN7O2S2. The minimum Gasteiger partial charge on any atom is -0.240 e. The Balaban J connectivity index is 1.25. The number of thioether (sulfide) groups is 1. The highest BCUT2D eigenvalue weighted by Gasteiger charge is 2.43. The van der Waals surface area contributed by atoms with Gasteiger partial charge in [0.1, 0.15) is 0 Å². The first-order valence-electron chi connectivity index (χ1n) is 17.8. The molecule has 0 saturated heterocycles. The fourth-order valence-corrected chi connectivity index (χ4v) is 8.72. The maximum atomic E-state index is 13.3. The van der Waals surface area contributed by atoms with Crippen LogP contribution in [0.1, 0.15) is 39.3 Å². The zero-order valence-corrected chi connectivity index (χ0v) is 33.1. The number of hydrazone groups is 2. The van der Waals surface area contributed by atoms with Crippen LogP contribution in [0.4, 0.5) is 0 Å². The molecule has 6 aromatic rings. The van der Waals surface area contributed by atoms with Gasteiger partial charge in [-0.3, -0.25) is 0 Å². The molecule has 1 unspecified atom stereocenters. The van der Waals surface area contributed by atoms with Gasteiger partial charge in [0.05, 0.1) is 30.4 Å². The smallest absolute Gasteiger partial charge is 0.240 e. The van der Waals surface area contributed by atoms with Gasteiger partial charge in [-0.1, -0.05) is 174 Å². The highest BCUT2D eigenvalue weighted by molar-refractivity contribution is 8.13. The van der Waals surface area contributed by atoms with Crippen LogP contribution in [0.25, 0.3) is 0 Å². The highest BCUT2D eigenvalue weighted by atomic mass is 35.5. The topological polar surface area (TPSA) is 102 Å². The summed E-state index contributed by atoms with van der Waals surface area (Å²) in [6.07, 6.45) is 3.57. The van der Waals surface area contributed by atoms with Gasteiger partial charge >= 0.3 is 0 Å². The van der Waals surface area contributed by atoms with Crippen molar-refractivity contribution in [1.82, 2.24) is 10.1 Å². The maximum Gasteiger partial charge on any atom is 0.284 e. The van der Waals surface area contributed by atoms with Crippen molar-refractivity contribution >= 4 is 50.5 Å². The van der Waals surface area contributed by atoms with E-state index in [1.165, 1.54) is 36.0 Å². The molecule has 56 heavy (non-hydrogen) atoms. The van der Waals surface area contributed by atoms with Gasteiger partial charge in [0, 0.05) is 10.9 Å². The maximum absolute atomic E-state index is 13.3. The summed E-state index contributed by atoms with van der Waals surface area (Å²) in [5.41, 5.74) is 5.55. The van der Waals surface area contributed by atoms with Gasteiger partial charge in [-0.05, 0) is 63.9 Å². The zero-order valence-electron chi connectivity index (χ0n) is 30.7. The van der Waals surface area contributed by atoms with Crippen LogP contribution in [-0.2, 0) is 15.6 Å². The summed E-state index contributed by atoms with van der Waals surface area (Å²) < 4.78 is 30.8. The van der Waals surface area contributed by atoms with Gasteiger partial charge < -0.3 is 0 Å². The van der Waals surface area contributed by atoms with E-state index in [1.54, 1.807) is 29.6 Å². The highest BCUT2D eigenvalue weighted by Crippen LogP contribution is 2.43. The summed E-state index contributed by atoms with van der Waals surface area (Å²) in [7, 11) is -2.38. The molecule has 0 N–H and O–H groups in total. The third-order valence-electron chi connectivity index (χ3n) is 9.40. The molecule has 1 aliphatic heterocycles. The Labute approximate surface area is 336 Å². The third-order valence-corrected chi connectivity index (χ3v) is 11.7. The quantitative estimate of drug-likeness (QED) is 0.0427. The molecule has 7 rings (SSSR count). The van der Waals surface area contributed by atoms with E-state index in [0.717, 1.165) is 39.1 Å². The Hall–Kier alpha value is -5.88. The number of nitrogens with zero attached hydrogens (tertiary/aromatic N) is 7. The summed E-state index contributed by atoms with van der Waals surface area (Å²) in [6, 6.07) is 54.6. The molecule has 12 heteroatoms. The average Bonchev–Trinajstić information content (AvgIpc) is 3.70. The minimum absolute atomic E-state index is 0.0567. The molecule has 0 aliphatic carbocycles. The first kappa shape index (κ1) is 38.4.